The second-order valence-electron chi connectivity index (χ2n) is 6.70. The van der Waals surface area contributed by atoms with Gasteiger partial charge < -0.3 is 14.2 Å². The normalized spacial score (nSPS) is 15.3. The van der Waals surface area contributed by atoms with E-state index in [1.165, 1.54) is 12.1 Å². The molecule has 0 bridgehead atoms. The molecule has 2 heterocycles. The van der Waals surface area contributed by atoms with Crippen molar-refractivity contribution in [1.29, 1.82) is 0 Å². The van der Waals surface area contributed by atoms with E-state index in [9.17, 15) is 9.18 Å². The largest absolute Gasteiger partial charge is 0.493 e. The molecule has 140 valence electrons. The van der Waals surface area contributed by atoms with Crippen molar-refractivity contribution in [2.24, 2.45) is 0 Å². The van der Waals surface area contributed by atoms with Crippen LogP contribution in [0.25, 0.3) is 11.0 Å². The van der Waals surface area contributed by atoms with Crippen molar-refractivity contribution in [2.75, 3.05) is 19.7 Å². The lowest BCUT2D eigenvalue weighted by atomic mass is 9.91. The van der Waals surface area contributed by atoms with Crippen molar-refractivity contribution in [3.8, 4) is 5.75 Å². The van der Waals surface area contributed by atoms with Crippen LogP contribution in [-0.2, 0) is 0 Å². The van der Waals surface area contributed by atoms with Crippen LogP contribution in [0.2, 0.25) is 0 Å². The predicted octanol–water partition coefficient (Wildman–Crippen LogP) is 4.39. The number of rotatable bonds is 4. The summed E-state index contributed by atoms with van der Waals surface area (Å²) in [5.74, 6) is 0.475. The molecule has 1 aliphatic heterocycles. The second kappa shape index (κ2) is 7.39. The zero-order valence-corrected chi connectivity index (χ0v) is 15.2. The predicted molar refractivity (Wildman–Crippen MR) is 99.5 cm³/mol. The lowest BCUT2D eigenvalue weighted by Gasteiger charge is -2.31. The van der Waals surface area contributed by atoms with E-state index in [4.69, 9.17) is 9.26 Å². The molecule has 5 nitrogen and oxygen atoms in total. The number of nitrogens with zero attached hydrogens (tertiary/aromatic N) is 2. The fourth-order valence-corrected chi connectivity index (χ4v) is 3.68. The van der Waals surface area contributed by atoms with Gasteiger partial charge in [-0.05, 0) is 44.0 Å². The molecule has 0 N–H and O–H groups in total. The smallest absolute Gasteiger partial charge is 0.257 e. The molecule has 0 unspecified atom stereocenters. The molecule has 1 saturated heterocycles. The van der Waals surface area contributed by atoms with E-state index in [0.717, 1.165) is 23.9 Å². The first-order valence-corrected chi connectivity index (χ1v) is 9.23. The quantitative estimate of drug-likeness (QED) is 0.686. The van der Waals surface area contributed by atoms with Crippen LogP contribution in [0.5, 0.6) is 5.75 Å². The minimum atomic E-state index is -0.335. The summed E-state index contributed by atoms with van der Waals surface area (Å²) in [6.07, 6.45) is 1.59. The first-order valence-electron chi connectivity index (χ1n) is 9.23. The Balaban J connectivity index is 1.48. The molecule has 0 aliphatic carbocycles. The highest BCUT2D eigenvalue weighted by atomic mass is 19.1. The highest BCUT2D eigenvalue weighted by Gasteiger charge is 2.28. The highest BCUT2D eigenvalue weighted by molar-refractivity contribution is 5.97. The maximum atomic E-state index is 13.3. The van der Waals surface area contributed by atoms with E-state index in [-0.39, 0.29) is 17.6 Å². The van der Waals surface area contributed by atoms with Crippen LogP contribution in [-0.4, -0.2) is 35.7 Å². The van der Waals surface area contributed by atoms with Crippen LogP contribution < -0.4 is 4.74 Å². The number of ether oxygens (including phenoxy) is 1. The minimum Gasteiger partial charge on any atom is -0.493 e. The third-order valence-corrected chi connectivity index (χ3v) is 5.05. The van der Waals surface area contributed by atoms with Crippen LogP contribution in [0.4, 0.5) is 4.39 Å². The zero-order valence-electron chi connectivity index (χ0n) is 15.2. The molecule has 0 saturated carbocycles. The van der Waals surface area contributed by atoms with Crippen LogP contribution in [0.1, 0.15) is 41.7 Å². The van der Waals surface area contributed by atoms with E-state index in [0.29, 0.717) is 36.6 Å². The molecule has 1 aliphatic rings. The number of amides is 1. The van der Waals surface area contributed by atoms with Crippen molar-refractivity contribution in [1.82, 2.24) is 10.1 Å². The van der Waals surface area contributed by atoms with E-state index in [2.05, 4.69) is 5.16 Å². The van der Waals surface area contributed by atoms with Crippen LogP contribution in [0.3, 0.4) is 0 Å². The van der Waals surface area contributed by atoms with Gasteiger partial charge in [0.15, 0.2) is 5.58 Å². The van der Waals surface area contributed by atoms with Crippen LogP contribution in [0.15, 0.2) is 47.0 Å². The Labute approximate surface area is 156 Å². The van der Waals surface area contributed by atoms with Gasteiger partial charge in [0, 0.05) is 30.5 Å². The number of carbonyl (C=O) groups is 1. The van der Waals surface area contributed by atoms with Gasteiger partial charge in [-0.3, -0.25) is 4.79 Å². The minimum absolute atomic E-state index is 0.00965. The lowest BCUT2D eigenvalue weighted by Crippen LogP contribution is -2.38. The molecule has 27 heavy (non-hydrogen) atoms. The summed E-state index contributed by atoms with van der Waals surface area (Å²) in [5.41, 5.74) is 1.92. The van der Waals surface area contributed by atoms with Crippen molar-refractivity contribution in [2.45, 2.75) is 25.7 Å². The number of carbonyl (C=O) groups excluding carboxylic acids is 1. The molecule has 0 radical (unpaired) electrons. The van der Waals surface area contributed by atoms with Gasteiger partial charge in [0.2, 0.25) is 0 Å². The number of halogens is 1. The highest BCUT2D eigenvalue weighted by Crippen LogP contribution is 2.33. The van der Waals surface area contributed by atoms with E-state index < -0.39 is 0 Å². The maximum Gasteiger partial charge on any atom is 0.257 e. The van der Waals surface area contributed by atoms with Crippen molar-refractivity contribution < 1.29 is 18.4 Å². The molecule has 0 spiro atoms. The SMILES string of the molecule is CCOc1ccccc1C(=O)N1CCC(c2noc3cc(F)ccc23)CC1. The number of para-hydroxylation sites is 1. The van der Waals surface area contributed by atoms with Crippen molar-refractivity contribution in [3.63, 3.8) is 0 Å². The summed E-state index contributed by atoms with van der Waals surface area (Å²) >= 11 is 0. The van der Waals surface area contributed by atoms with Gasteiger partial charge >= 0.3 is 0 Å². The topological polar surface area (TPSA) is 55.6 Å². The number of aromatic nitrogens is 1. The second-order valence-corrected chi connectivity index (χ2v) is 6.70. The monoisotopic (exact) mass is 368 g/mol. The van der Waals surface area contributed by atoms with Crippen LogP contribution in [0, 0.1) is 5.82 Å². The van der Waals surface area contributed by atoms with Gasteiger partial charge in [-0.2, -0.15) is 0 Å². The zero-order chi connectivity index (χ0) is 18.8. The molecule has 3 aromatic rings. The summed E-state index contributed by atoms with van der Waals surface area (Å²) in [4.78, 5) is 14.8. The number of hydrogen-bond acceptors (Lipinski definition) is 4. The Kier molecular flexibility index (Phi) is 4.79. The van der Waals surface area contributed by atoms with Gasteiger partial charge in [-0.25, -0.2) is 4.39 Å². The average molecular weight is 368 g/mol. The first kappa shape index (κ1) is 17.5. The first-order chi connectivity index (χ1) is 13.2. The van der Waals surface area contributed by atoms with Gasteiger partial charge in [-0.15, -0.1) is 0 Å². The average Bonchev–Trinajstić information content (AvgIpc) is 3.11. The molecule has 4 rings (SSSR count). The fraction of sp³-hybridized carbons (Fsp3) is 0.333. The third-order valence-electron chi connectivity index (χ3n) is 5.05. The van der Waals surface area contributed by atoms with E-state index >= 15 is 0 Å². The molecule has 1 fully saturated rings. The molecule has 2 aromatic carbocycles. The third kappa shape index (κ3) is 3.39. The molecular formula is C21H21FN2O3. The molecule has 6 heteroatoms. The number of fused-ring (bicyclic) bond motifs is 1. The molecule has 1 aromatic heterocycles. The van der Waals surface area contributed by atoms with Crippen molar-refractivity contribution in [3.05, 3.63) is 59.5 Å². The molecular weight excluding hydrogens is 347 g/mol. The number of piperidine rings is 1. The Morgan fingerprint density at radius 3 is 2.81 bits per heavy atom. The van der Waals surface area contributed by atoms with E-state index in [1.54, 1.807) is 12.1 Å². The molecule has 1 amide bonds. The fourth-order valence-electron chi connectivity index (χ4n) is 3.68. The Morgan fingerprint density at radius 1 is 1.26 bits per heavy atom. The lowest BCUT2D eigenvalue weighted by molar-refractivity contribution is 0.0707. The summed E-state index contributed by atoms with van der Waals surface area (Å²) in [6.45, 7) is 3.70. The van der Waals surface area contributed by atoms with E-state index in [1.807, 2.05) is 30.0 Å². The Hall–Kier alpha value is -2.89. The number of benzene rings is 2. The summed E-state index contributed by atoms with van der Waals surface area (Å²) in [7, 11) is 0. The van der Waals surface area contributed by atoms with Gasteiger partial charge in [0.1, 0.15) is 11.6 Å². The maximum absolute atomic E-state index is 13.3. The van der Waals surface area contributed by atoms with Crippen molar-refractivity contribution >= 4 is 16.9 Å². The Bertz CT molecular complexity index is 961. The number of likely N-dealkylation sites (tertiary alicyclic amines) is 1. The summed E-state index contributed by atoms with van der Waals surface area (Å²) < 4.78 is 24.2. The van der Waals surface area contributed by atoms with Crippen LogP contribution >= 0.6 is 0 Å². The standard InChI is InChI=1S/C21H21FN2O3/c1-2-26-18-6-4-3-5-17(18)21(25)24-11-9-14(10-12-24)20-16-8-7-15(22)13-19(16)27-23-20/h3-8,13-14H,2,9-12H2,1H3. The summed E-state index contributed by atoms with van der Waals surface area (Å²) in [5, 5.41) is 5.01. The number of hydrogen-bond donors (Lipinski definition) is 0. The molecule has 0 atom stereocenters. The Morgan fingerprint density at radius 2 is 2.04 bits per heavy atom. The summed E-state index contributed by atoms with van der Waals surface area (Å²) in [6, 6.07) is 11.8. The van der Waals surface area contributed by atoms with Gasteiger partial charge in [0.05, 0.1) is 17.9 Å². The van der Waals surface area contributed by atoms with Gasteiger partial charge in [0.25, 0.3) is 5.91 Å². The van der Waals surface area contributed by atoms with Gasteiger partial charge in [-0.1, -0.05) is 17.3 Å².